The van der Waals surface area contributed by atoms with E-state index in [4.69, 9.17) is 0 Å². The van der Waals surface area contributed by atoms with Gasteiger partial charge >= 0.3 is 6.03 Å². The van der Waals surface area contributed by atoms with Gasteiger partial charge in [-0.1, -0.05) is 31.7 Å². The van der Waals surface area contributed by atoms with Gasteiger partial charge in [-0.2, -0.15) is 0 Å². The van der Waals surface area contributed by atoms with Gasteiger partial charge in [0.2, 0.25) is 5.91 Å². The number of carbonyl (C=O) groups is 3. The second-order valence-electron chi connectivity index (χ2n) is 6.50. The molecular weight excluding hydrogens is 326 g/mol. The Hall–Kier alpha value is -1.89. The van der Waals surface area contributed by atoms with Gasteiger partial charge in [-0.15, -0.1) is 11.3 Å². The van der Waals surface area contributed by atoms with Crippen LogP contribution in [0.5, 0.6) is 0 Å². The summed E-state index contributed by atoms with van der Waals surface area (Å²) in [4.78, 5) is 39.2. The molecule has 24 heavy (non-hydrogen) atoms. The molecule has 0 radical (unpaired) electrons. The standard InChI is InChI=1S/C17H23N3O3S/c21-14(18-10-7-13-6-5-11-24-13)12-20-15(22)17(19-16(20)23)8-3-1-2-4-9-17/h5-6,11H,1-4,7-10,12H2,(H,18,21)(H,19,23). The van der Waals surface area contributed by atoms with Crippen LogP contribution in [0.15, 0.2) is 17.5 Å². The fourth-order valence-electron chi connectivity index (χ4n) is 3.47. The van der Waals surface area contributed by atoms with Gasteiger partial charge in [-0.25, -0.2) is 4.79 Å². The van der Waals surface area contributed by atoms with E-state index in [0.717, 1.165) is 37.0 Å². The Morgan fingerprint density at radius 3 is 2.67 bits per heavy atom. The highest BCUT2D eigenvalue weighted by Gasteiger charge is 2.50. The fourth-order valence-corrected chi connectivity index (χ4v) is 4.18. The molecule has 2 heterocycles. The Labute approximate surface area is 145 Å². The first-order valence-electron chi connectivity index (χ1n) is 8.54. The van der Waals surface area contributed by atoms with Gasteiger partial charge < -0.3 is 10.6 Å². The third-order valence-electron chi connectivity index (χ3n) is 4.78. The van der Waals surface area contributed by atoms with Gasteiger partial charge in [0.05, 0.1) is 0 Å². The first kappa shape index (κ1) is 17.0. The molecule has 1 saturated carbocycles. The van der Waals surface area contributed by atoms with Crippen LogP contribution < -0.4 is 10.6 Å². The lowest BCUT2D eigenvalue weighted by molar-refractivity contribution is -0.135. The predicted molar refractivity (Wildman–Crippen MR) is 91.7 cm³/mol. The second kappa shape index (κ2) is 7.34. The number of nitrogens with one attached hydrogen (secondary N) is 2. The van der Waals surface area contributed by atoms with E-state index in [2.05, 4.69) is 10.6 Å². The first-order chi connectivity index (χ1) is 11.6. The van der Waals surface area contributed by atoms with Gasteiger partial charge in [-0.3, -0.25) is 14.5 Å². The van der Waals surface area contributed by atoms with Gasteiger partial charge in [0.1, 0.15) is 12.1 Å². The minimum Gasteiger partial charge on any atom is -0.354 e. The molecule has 4 amide bonds. The number of carbonyl (C=O) groups excluding carboxylic acids is 3. The lowest BCUT2D eigenvalue weighted by Gasteiger charge is -2.24. The van der Waals surface area contributed by atoms with Crippen molar-refractivity contribution < 1.29 is 14.4 Å². The fraction of sp³-hybridized carbons (Fsp3) is 0.588. The Morgan fingerprint density at radius 2 is 2.00 bits per heavy atom. The van der Waals surface area contributed by atoms with Crippen LogP contribution in [0.4, 0.5) is 4.79 Å². The molecule has 1 aromatic rings. The summed E-state index contributed by atoms with van der Waals surface area (Å²) < 4.78 is 0. The Bertz CT molecular complexity index is 607. The molecule has 2 N–H and O–H groups in total. The lowest BCUT2D eigenvalue weighted by atomic mass is 9.90. The number of urea groups is 1. The molecule has 1 aromatic heterocycles. The summed E-state index contributed by atoms with van der Waals surface area (Å²) in [5.41, 5.74) is -0.773. The number of thiophene rings is 1. The highest BCUT2D eigenvalue weighted by Crippen LogP contribution is 2.32. The van der Waals surface area contributed by atoms with Crippen LogP contribution in [0.2, 0.25) is 0 Å². The smallest absolute Gasteiger partial charge is 0.325 e. The number of hydrogen-bond acceptors (Lipinski definition) is 4. The number of imide groups is 1. The van der Waals surface area contributed by atoms with Gasteiger partial charge in [0.25, 0.3) is 5.91 Å². The van der Waals surface area contributed by atoms with Crippen molar-refractivity contribution in [3.05, 3.63) is 22.4 Å². The van der Waals surface area contributed by atoms with Crippen molar-refractivity contribution in [1.82, 2.24) is 15.5 Å². The lowest BCUT2D eigenvalue weighted by Crippen LogP contribution is -2.47. The number of nitrogens with zero attached hydrogens (tertiary/aromatic N) is 1. The molecular formula is C17H23N3O3S. The average molecular weight is 349 g/mol. The molecule has 7 heteroatoms. The summed E-state index contributed by atoms with van der Waals surface area (Å²) in [7, 11) is 0. The molecule has 1 spiro atoms. The molecule has 0 bridgehead atoms. The Kier molecular flexibility index (Phi) is 5.18. The summed E-state index contributed by atoms with van der Waals surface area (Å²) in [5.74, 6) is -0.525. The van der Waals surface area contributed by atoms with Crippen molar-refractivity contribution in [1.29, 1.82) is 0 Å². The van der Waals surface area contributed by atoms with Crippen molar-refractivity contribution in [2.45, 2.75) is 50.5 Å². The largest absolute Gasteiger partial charge is 0.354 e. The molecule has 0 aromatic carbocycles. The highest BCUT2D eigenvalue weighted by atomic mass is 32.1. The van der Waals surface area contributed by atoms with Gasteiger partial charge in [0.15, 0.2) is 0 Å². The van der Waals surface area contributed by atoms with Crippen LogP contribution in [0.3, 0.4) is 0 Å². The maximum absolute atomic E-state index is 12.7. The molecule has 0 atom stereocenters. The summed E-state index contributed by atoms with van der Waals surface area (Å²) in [6.45, 7) is 0.311. The van der Waals surface area contributed by atoms with Crippen LogP contribution in [0.25, 0.3) is 0 Å². The Balaban J connectivity index is 1.53. The zero-order valence-electron chi connectivity index (χ0n) is 13.7. The van der Waals surface area contributed by atoms with Crippen molar-refractivity contribution in [3.8, 4) is 0 Å². The molecule has 3 rings (SSSR count). The molecule has 130 valence electrons. The van der Waals surface area contributed by atoms with E-state index in [0.29, 0.717) is 19.4 Å². The summed E-state index contributed by atoms with van der Waals surface area (Å²) in [6.07, 6.45) is 6.16. The van der Waals surface area contributed by atoms with Gasteiger partial charge in [0, 0.05) is 11.4 Å². The molecule has 2 aliphatic rings. The van der Waals surface area contributed by atoms with Crippen molar-refractivity contribution in [3.63, 3.8) is 0 Å². The SMILES string of the molecule is O=C(CN1C(=O)NC2(CCCCCC2)C1=O)NCCc1cccs1. The molecule has 1 saturated heterocycles. The summed E-state index contributed by atoms with van der Waals surface area (Å²) in [6, 6.07) is 3.56. The quantitative estimate of drug-likeness (QED) is 0.799. The Morgan fingerprint density at radius 1 is 1.25 bits per heavy atom. The van der Waals surface area contributed by atoms with Crippen LogP contribution in [-0.2, 0) is 16.0 Å². The second-order valence-corrected chi connectivity index (χ2v) is 7.53. The van der Waals surface area contributed by atoms with Crippen molar-refractivity contribution in [2.75, 3.05) is 13.1 Å². The zero-order chi connectivity index (χ0) is 17.0. The number of amides is 4. The third-order valence-corrected chi connectivity index (χ3v) is 5.71. The van der Waals surface area contributed by atoms with E-state index >= 15 is 0 Å². The topological polar surface area (TPSA) is 78.5 Å². The van der Waals surface area contributed by atoms with E-state index in [1.807, 2.05) is 17.5 Å². The van der Waals surface area contributed by atoms with Crippen LogP contribution >= 0.6 is 11.3 Å². The minimum atomic E-state index is -0.773. The van der Waals surface area contributed by atoms with E-state index in [-0.39, 0.29) is 18.4 Å². The maximum atomic E-state index is 12.7. The van der Waals surface area contributed by atoms with E-state index in [1.54, 1.807) is 11.3 Å². The molecule has 0 unspecified atom stereocenters. The van der Waals surface area contributed by atoms with Crippen LogP contribution in [0.1, 0.15) is 43.4 Å². The van der Waals surface area contributed by atoms with Crippen molar-refractivity contribution >= 4 is 29.2 Å². The predicted octanol–water partition coefficient (Wildman–Crippen LogP) is 2.05. The molecule has 2 fully saturated rings. The third kappa shape index (κ3) is 3.61. The van der Waals surface area contributed by atoms with Crippen LogP contribution in [0, 0.1) is 0 Å². The van der Waals surface area contributed by atoms with E-state index in [1.165, 1.54) is 4.88 Å². The van der Waals surface area contributed by atoms with Crippen LogP contribution in [-0.4, -0.2) is 41.4 Å². The number of hydrogen-bond donors (Lipinski definition) is 2. The number of rotatable bonds is 5. The molecule has 1 aliphatic carbocycles. The van der Waals surface area contributed by atoms with E-state index in [9.17, 15) is 14.4 Å². The van der Waals surface area contributed by atoms with Crippen molar-refractivity contribution in [2.24, 2.45) is 0 Å². The average Bonchev–Trinajstić information content (AvgIpc) is 3.05. The maximum Gasteiger partial charge on any atom is 0.325 e. The van der Waals surface area contributed by atoms with E-state index < -0.39 is 11.6 Å². The molecule has 6 nitrogen and oxygen atoms in total. The summed E-state index contributed by atoms with van der Waals surface area (Å²) >= 11 is 1.64. The van der Waals surface area contributed by atoms with Gasteiger partial charge in [-0.05, 0) is 30.7 Å². The zero-order valence-corrected chi connectivity index (χ0v) is 14.5. The highest BCUT2D eigenvalue weighted by molar-refractivity contribution is 7.09. The summed E-state index contributed by atoms with van der Waals surface area (Å²) in [5, 5.41) is 7.64. The normalized spacial score (nSPS) is 20.1. The monoisotopic (exact) mass is 349 g/mol. The minimum absolute atomic E-state index is 0.198. The first-order valence-corrected chi connectivity index (χ1v) is 9.42. The molecule has 1 aliphatic heterocycles.